The Morgan fingerprint density at radius 3 is 3.05 bits per heavy atom. The predicted molar refractivity (Wildman–Crippen MR) is 82.3 cm³/mol. The van der Waals surface area contributed by atoms with Gasteiger partial charge in [0.1, 0.15) is 11.4 Å². The number of hydrogen-bond acceptors (Lipinski definition) is 4. The number of nitrogens with zero attached hydrogens (tertiary/aromatic N) is 4. The number of nitrogens with one attached hydrogen (secondary N) is 2. The van der Waals surface area contributed by atoms with Crippen LogP contribution < -0.4 is 5.43 Å². The zero-order valence-electron chi connectivity index (χ0n) is 11.9. The van der Waals surface area contributed by atoms with E-state index in [2.05, 4.69) is 25.7 Å². The molecule has 0 aliphatic heterocycles. The van der Waals surface area contributed by atoms with Crippen molar-refractivity contribution in [2.45, 2.75) is 0 Å². The molecule has 110 valence electrons. The fraction of sp³-hybridized carbons (Fsp3) is 0.0667. The van der Waals surface area contributed by atoms with Crippen LogP contribution in [0, 0.1) is 0 Å². The molecule has 7 heteroatoms. The monoisotopic (exact) mass is 294 g/mol. The van der Waals surface area contributed by atoms with Gasteiger partial charge in [-0.3, -0.25) is 14.9 Å². The molecule has 7 nitrogen and oxygen atoms in total. The van der Waals surface area contributed by atoms with Crippen molar-refractivity contribution in [2.75, 3.05) is 0 Å². The average Bonchev–Trinajstić information content (AvgIpc) is 3.17. The van der Waals surface area contributed by atoms with Crippen LogP contribution in [-0.4, -0.2) is 31.9 Å². The Bertz CT molecular complexity index is 802. The first-order valence-corrected chi connectivity index (χ1v) is 6.64. The van der Waals surface area contributed by atoms with Crippen molar-refractivity contribution >= 4 is 12.1 Å². The fourth-order valence-corrected chi connectivity index (χ4v) is 1.97. The standard InChI is InChI=1S/C15H14N6O/c1-21-7-3-5-14(21)12-8-13(19-18-12)15(22)20-17-10-11-4-2-6-16-9-11/h2-10H,1H3,(H,18,19)(H,20,22)/b17-10+. The SMILES string of the molecule is Cn1cccc1-c1cc(C(=O)N/N=C/c2cccnc2)[nH]n1. The summed E-state index contributed by atoms with van der Waals surface area (Å²) in [5, 5.41) is 10.7. The number of rotatable bonds is 4. The number of carbonyl (C=O) groups excluding carboxylic acids is 1. The summed E-state index contributed by atoms with van der Waals surface area (Å²) >= 11 is 0. The third kappa shape index (κ3) is 2.93. The molecule has 0 fully saturated rings. The van der Waals surface area contributed by atoms with Crippen LogP contribution in [0.2, 0.25) is 0 Å². The lowest BCUT2D eigenvalue weighted by molar-refractivity contribution is 0.0950. The van der Waals surface area contributed by atoms with E-state index in [4.69, 9.17) is 0 Å². The minimum atomic E-state index is -0.354. The van der Waals surface area contributed by atoms with E-state index in [1.807, 2.05) is 36.0 Å². The van der Waals surface area contributed by atoms with Gasteiger partial charge in [-0.1, -0.05) is 6.07 Å². The highest BCUT2D eigenvalue weighted by Crippen LogP contribution is 2.17. The number of aromatic nitrogens is 4. The number of pyridine rings is 1. The van der Waals surface area contributed by atoms with Crippen LogP contribution in [0.5, 0.6) is 0 Å². The maximum absolute atomic E-state index is 12.0. The summed E-state index contributed by atoms with van der Waals surface area (Å²) in [6, 6.07) is 9.17. The van der Waals surface area contributed by atoms with Crippen molar-refractivity contribution in [1.29, 1.82) is 0 Å². The van der Waals surface area contributed by atoms with Gasteiger partial charge in [0.2, 0.25) is 0 Å². The first-order valence-electron chi connectivity index (χ1n) is 6.64. The summed E-state index contributed by atoms with van der Waals surface area (Å²) in [7, 11) is 1.92. The number of hydrogen-bond donors (Lipinski definition) is 2. The van der Waals surface area contributed by atoms with Crippen LogP contribution >= 0.6 is 0 Å². The molecular weight excluding hydrogens is 280 g/mol. The smallest absolute Gasteiger partial charge is 0.289 e. The van der Waals surface area contributed by atoms with E-state index in [1.54, 1.807) is 24.5 Å². The first-order chi connectivity index (χ1) is 10.7. The van der Waals surface area contributed by atoms with Gasteiger partial charge in [-0.05, 0) is 24.3 Å². The van der Waals surface area contributed by atoms with Gasteiger partial charge in [-0.2, -0.15) is 10.2 Å². The van der Waals surface area contributed by atoms with E-state index >= 15 is 0 Å². The van der Waals surface area contributed by atoms with Gasteiger partial charge in [-0.25, -0.2) is 5.43 Å². The van der Waals surface area contributed by atoms with Crippen LogP contribution in [0.25, 0.3) is 11.4 Å². The van der Waals surface area contributed by atoms with Crippen LogP contribution in [0.3, 0.4) is 0 Å². The molecule has 3 rings (SSSR count). The van der Waals surface area contributed by atoms with E-state index in [-0.39, 0.29) is 5.91 Å². The van der Waals surface area contributed by atoms with Crippen molar-refractivity contribution in [2.24, 2.45) is 12.1 Å². The van der Waals surface area contributed by atoms with Crippen molar-refractivity contribution in [1.82, 2.24) is 25.2 Å². The van der Waals surface area contributed by atoms with E-state index in [0.29, 0.717) is 11.4 Å². The highest BCUT2D eigenvalue weighted by molar-refractivity contribution is 5.94. The maximum atomic E-state index is 12.0. The molecule has 0 unspecified atom stereocenters. The minimum absolute atomic E-state index is 0.347. The highest BCUT2D eigenvalue weighted by atomic mass is 16.2. The lowest BCUT2D eigenvalue weighted by Crippen LogP contribution is -2.18. The Hall–Kier alpha value is -3.22. The molecule has 3 aromatic rings. The van der Waals surface area contributed by atoms with Crippen molar-refractivity contribution < 1.29 is 4.79 Å². The fourth-order valence-electron chi connectivity index (χ4n) is 1.97. The molecule has 0 atom stereocenters. The summed E-state index contributed by atoms with van der Waals surface area (Å²) in [5.74, 6) is -0.354. The molecular formula is C15H14N6O. The second kappa shape index (κ2) is 6.04. The average molecular weight is 294 g/mol. The van der Waals surface area contributed by atoms with Gasteiger partial charge in [0.15, 0.2) is 0 Å². The number of H-pyrrole nitrogens is 1. The van der Waals surface area contributed by atoms with Crippen molar-refractivity contribution in [3.63, 3.8) is 0 Å². The van der Waals surface area contributed by atoms with Crippen molar-refractivity contribution in [3.8, 4) is 11.4 Å². The molecule has 2 N–H and O–H groups in total. The maximum Gasteiger partial charge on any atom is 0.289 e. The second-order valence-electron chi connectivity index (χ2n) is 4.66. The number of amides is 1. The summed E-state index contributed by atoms with van der Waals surface area (Å²) in [6.45, 7) is 0. The van der Waals surface area contributed by atoms with Gasteiger partial charge < -0.3 is 4.57 Å². The van der Waals surface area contributed by atoms with E-state index in [1.165, 1.54) is 6.21 Å². The van der Waals surface area contributed by atoms with E-state index in [0.717, 1.165) is 11.3 Å². The summed E-state index contributed by atoms with van der Waals surface area (Å²) in [4.78, 5) is 15.9. The van der Waals surface area contributed by atoms with E-state index < -0.39 is 0 Å². The van der Waals surface area contributed by atoms with Crippen molar-refractivity contribution in [3.05, 3.63) is 60.2 Å². The topological polar surface area (TPSA) is 88.0 Å². The Balaban J connectivity index is 1.67. The Morgan fingerprint density at radius 2 is 2.32 bits per heavy atom. The largest absolute Gasteiger partial charge is 0.349 e. The molecule has 0 aliphatic rings. The molecule has 3 aromatic heterocycles. The predicted octanol–water partition coefficient (Wildman–Crippen LogP) is 1.57. The summed E-state index contributed by atoms with van der Waals surface area (Å²) in [6.07, 6.45) is 6.77. The van der Waals surface area contributed by atoms with E-state index in [9.17, 15) is 4.79 Å². The van der Waals surface area contributed by atoms with Gasteiger partial charge in [0.25, 0.3) is 5.91 Å². The highest BCUT2D eigenvalue weighted by Gasteiger charge is 2.11. The van der Waals surface area contributed by atoms with Gasteiger partial charge in [0.05, 0.1) is 11.9 Å². The Kier molecular flexibility index (Phi) is 3.78. The zero-order chi connectivity index (χ0) is 15.4. The quantitative estimate of drug-likeness (QED) is 0.565. The number of aryl methyl sites for hydroxylation is 1. The molecule has 3 heterocycles. The van der Waals surface area contributed by atoms with Crippen LogP contribution in [0.1, 0.15) is 16.1 Å². The zero-order valence-corrected chi connectivity index (χ0v) is 11.9. The molecule has 0 spiro atoms. The first kappa shape index (κ1) is 13.7. The number of carbonyl (C=O) groups is 1. The molecule has 22 heavy (non-hydrogen) atoms. The lowest BCUT2D eigenvalue weighted by Gasteiger charge is -1.97. The Morgan fingerprint density at radius 1 is 1.41 bits per heavy atom. The molecule has 0 radical (unpaired) electrons. The second-order valence-corrected chi connectivity index (χ2v) is 4.66. The number of aromatic amines is 1. The third-order valence-corrected chi connectivity index (χ3v) is 3.09. The summed E-state index contributed by atoms with van der Waals surface area (Å²) in [5.41, 5.74) is 5.22. The molecule has 1 amide bonds. The minimum Gasteiger partial charge on any atom is -0.349 e. The van der Waals surface area contributed by atoms with Gasteiger partial charge in [0, 0.05) is 31.2 Å². The molecule has 0 aromatic carbocycles. The summed E-state index contributed by atoms with van der Waals surface area (Å²) < 4.78 is 1.93. The van der Waals surface area contributed by atoms with Crippen LogP contribution in [0.15, 0.2) is 54.0 Å². The number of hydrazone groups is 1. The normalized spacial score (nSPS) is 11.0. The third-order valence-electron chi connectivity index (χ3n) is 3.09. The van der Waals surface area contributed by atoms with Gasteiger partial charge >= 0.3 is 0 Å². The Labute approximate surface area is 126 Å². The van der Waals surface area contributed by atoms with Crippen LogP contribution in [-0.2, 0) is 7.05 Å². The molecule has 0 saturated carbocycles. The molecule has 0 bridgehead atoms. The molecule has 0 saturated heterocycles. The van der Waals surface area contributed by atoms with Crippen LogP contribution in [0.4, 0.5) is 0 Å². The van der Waals surface area contributed by atoms with Gasteiger partial charge in [-0.15, -0.1) is 0 Å². The molecule has 0 aliphatic carbocycles. The lowest BCUT2D eigenvalue weighted by atomic mass is 10.3.